The first-order valence-corrected chi connectivity index (χ1v) is 5.63. The van der Waals surface area contributed by atoms with Gasteiger partial charge in [0.1, 0.15) is 0 Å². The van der Waals surface area contributed by atoms with Crippen molar-refractivity contribution in [3.8, 4) is 6.07 Å². The molecule has 3 N–H and O–H groups in total. The maximum Gasteiger partial charge on any atom is 0.178 e. The Morgan fingerprint density at radius 2 is 2.22 bits per heavy atom. The largest absolute Gasteiger partial charge is 0.350 e. The molecule has 7 heteroatoms. The third-order valence-corrected chi connectivity index (χ3v) is 2.77. The van der Waals surface area contributed by atoms with E-state index in [1.807, 2.05) is 6.07 Å². The van der Waals surface area contributed by atoms with E-state index in [0.717, 1.165) is 18.9 Å². The molecule has 1 aromatic heterocycles. The topological polar surface area (TPSA) is 78.0 Å². The Morgan fingerprint density at radius 1 is 1.50 bits per heavy atom. The summed E-state index contributed by atoms with van der Waals surface area (Å²) in [6.45, 7) is 0.376. The number of aromatic nitrogens is 1. The van der Waals surface area contributed by atoms with E-state index in [9.17, 15) is 8.78 Å². The van der Waals surface area contributed by atoms with Crippen molar-refractivity contribution in [2.75, 3.05) is 16.9 Å². The quantitative estimate of drug-likeness (QED) is 0.614. The zero-order valence-electron chi connectivity index (χ0n) is 9.66. The number of nitrogens with two attached hydrogens (primary N) is 1. The summed E-state index contributed by atoms with van der Waals surface area (Å²) in [6, 6.07) is 2.93. The van der Waals surface area contributed by atoms with Crippen LogP contribution in [0, 0.1) is 23.0 Å². The van der Waals surface area contributed by atoms with E-state index in [1.165, 1.54) is 0 Å². The van der Waals surface area contributed by atoms with Crippen LogP contribution >= 0.6 is 0 Å². The second-order valence-electron chi connectivity index (χ2n) is 4.10. The van der Waals surface area contributed by atoms with Gasteiger partial charge < -0.3 is 10.3 Å². The molecule has 0 saturated heterocycles. The Labute approximate surface area is 103 Å². The number of hydrogen-bond acceptors (Lipinski definition) is 5. The molecule has 5 nitrogen and oxygen atoms in total. The second kappa shape index (κ2) is 5.14. The lowest BCUT2D eigenvalue weighted by atomic mass is 10.3. The summed E-state index contributed by atoms with van der Waals surface area (Å²) in [5, 5.41) is 8.60. The van der Waals surface area contributed by atoms with Crippen LogP contribution in [0.3, 0.4) is 0 Å². The molecular formula is C11H13F2N5. The van der Waals surface area contributed by atoms with E-state index in [2.05, 4.69) is 10.4 Å². The number of nitrogens with zero attached hydrogens (tertiary/aromatic N) is 3. The summed E-state index contributed by atoms with van der Waals surface area (Å²) in [5.41, 5.74) is 2.09. The summed E-state index contributed by atoms with van der Waals surface area (Å²) in [4.78, 5) is 5.53. The lowest BCUT2D eigenvalue weighted by Crippen LogP contribution is -2.29. The van der Waals surface area contributed by atoms with Crippen molar-refractivity contribution >= 4 is 11.6 Å². The van der Waals surface area contributed by atoms with Gasteiger partial charge in [-0.25, -0.2) is 19.6 Å². The van der Waals surface area contributed by atoms with Gasteiger partial charge in [-0.15, -0.1) is 0 Å². The predicted molar refractivity (Wildman–Crippen MR) is 62.6 cm³/mol. The van der Waals surface area contributed by atoms with Crippen LogP contribution in [0.15, 0.2) is 6.07 Å². The third kappa shape index (κ3) is 2.49. The number of hydrogen-bond donors (Lipinski definition) is 2. The molecule has 1 aliphatic rings. The van der Waals surface area contributed by atoms with Crippen molar-refractivity contribution < 1.29 is 8.78 Å². The van der Waals surface area contributed by atoms with Crippen molar-refractivity contribution in [2.45, 2.75) is 25.3 Å². The minimum absolute atomic E-state index is 0.0436. The number of hydrazine groups is 1. The van der Waals surface area contributed by atoms with Gasteiger partial charge in [-0.2, -0.15) is 5.26 Å². The number of nitrogen functional groups attached to an aromatic ring is 1. The first kappa shape index (κ1) is 12.5. The normalized spacial score (nSPS) is 14.1. The average molecular weight is 253 g/mol. The molecule has 0 unspecified atom stereocenters. The monoisotopic (exact) mass is 253 g/mol. The molecule has 0 radical (unpaired) electrons. The molecule has 18 heavy (non-hydrogen) atoms. The summed E-state index contributed by atoms with van der Waals surface area (Å²) in [5.74, 6) is 3.38. The summed E-state index contributed by atoms with van der Waals surface area (Å²) in [6.07, 6.45) is 2.12. The van der Waals surface area contributed by atoms with Crippen LogP contribution in [0.5, 0.6) is 0 Å². The van der Waals surface area contributed by atoms with Crippen LogP contribution in [0.4, 0.5) is 20.4 Å². The molecule has 96 valence electrons. The van der Waals surface area contributed by atoms with Crippen LogP contribution in [0.1, 0.15) is 19.3 Å². The number of halogens is 2. The molecule has 2 rings (SSSR count). The molecule has 0 aliphatic heterocycles. The maximum atomic E-state index is 13.7. The SMILES string of the molecule is N#CCCN(c1nc(NN)c(F)cc1F)C1CC1. The molecule has 1 aliphatic carbocycles. The molecular weight excluding hydrogens is 240 g/mol. The molecule has 0 aromatic carbocycles. The fourth-order valence-electron chi connectivity index (χ4n) is 1.78. The number of nitrogens with one attached hydrogen (secondary N) is 1. The lowest BCUT2D eigenvalue weighted by Gasteiger charge is -2.23. The van der Waals surface area contributed by atoms with Gasteiger partial charge in [-0.05, 0) is 12.8 Å². The van der Waals surface area contributed by atoms with Crippen molar-refractivity contribution in [3.63, 3.8) is 0 Å². The molecule has 0 bridgehead atoms. The Hall–Kier alpha value is -1.94. The number of rotatable bonds is 5. The second-order valence-corrected chi connectivity index (χ2v) is 4.10. The minimum atomic E-state index is -0.838. The summed E-state index contributed by atoms with van der Waals surface area (Å²) < 4.78 is 27.0. The van der Waals surface area contributed by atoms with Crippen molar-refractivity contribution in [3.05, 3.63) is 17.7 Å². The van der Waals surface area contributed by atoms with E-state index >= 15 is 0 Å². The molecule has 0 atom stereocenters. The number of nitriles is 1. The molecule has 1 aromatic rings. The average Bonchev–Trinajstić information content (AvgIpc) is 3.16. The highest BCUT2D eigenvalue weighted by Gasteiger charge is 2.32. The van der Waals surface area contributed by atoms with Gasteiger partial charge in [-0.3, -0.25) is 0 Å². The molecule has 1 heterocycles. The van der Waals surface area contributed by atoms with Crippen LogP contribution in [0.2, 0.25) is 0 Å². The van der Waals surface area contributed by atoms with Gasteiger partial charge >= 0.3 is 0 Å². The van der Waals surface area contributed by atoms with Crippen LogP contribution in [-0.4, -0.2) is 17.6 Å². The van der Waals surface area contributed by atoms with E-state index in [0.29, 0.717) is 6.54 Å². The van der Waals surface area contributed by atoms with Gasteiger partial charge in [0.15, 0.2) is 23.3 Å². The first-order chi connectivity index (χ1) is 8.67. The fraction of sp³-hybridized carbons (Fsp3) is 0.455. The highest BCUT2D eigenvalue weighted by Crippen LogP contribution is 2.33. The van der Waals surface area contributed by atoms with Crippen molar-refractivity contribution in [1.82, 2.24) is 4.98 Å². The van der Waals surface area contributed by atoms with Gasteiger partial charge in [0.25, 0.3) is 0 Å². The van der Waals surface area contributed by atoms with E-state index < -0.39 is 11.6 Å². The lowest BCUT2D eigenvalue weighted by molar-refractivity contribution is 0.568. The van der Waals surface area contributed by atoms with Crippen LogP contribution in [0.25, 0.3) is 0 Å². The van der Waals surface area contributed by atoms with Crippen LogP contribution in [-0.2, 0) is 0 Å². The Balaban J connectivity index is 2.31. The summed E-state index contributed by atoms with van der Waals surface area (Å²) in [7, 11) is 0. The highest BCUT2D eigenvalue weighted by molar-refractivity contribution is 5.50. The van der Waals surface area contributed by atoms with E-state index in [-0.39, 0.29) is 24.1 Å². The van der Waals surface area contributed by atoms with Gasteiger partial charge in [-0.1, -0.05) is 0 Å². The third-order valence-electron chi connectivity index (χ3n) is 2.77. The van der Waals surface area contributed by atoms with E-state index in [4.69, 9.17) is 11.1 Å². The molecule has 0 spiro atoms. The van der Waals surface area contributed by atoms with Gasteiger partial charge in [0.2, 0.25) is 0 Å². The molecule has 1 fully saturated rings. The van der Waals surface area contributed by atoms with Crippen molar-refractivity contribution in [2.24, 2.45) is 5.84 Å². The molecule has 1 saturated carbocycles. The number of pyridine rings is 1. The summed E-state index contributed by atoms with van der Waals surface area (Å²) >= 11 is 0. The van der Waals surface area contributed by atoms with Gasteiger partial charge in [0.05, 0.1) is 12.5 Å². The highest BCUT2D eigenvalue weighted by atomic mass is 19.1. The minimum Gasteiger partial charge on any atom is -0.350 e. The predicted octanol–water partition coefficient (Wildman–Crippen LogP) is 1.53. The number of anilines is 2. The standard InChI is InChI=1S/C11H13F2N5/c12-8-6-9(13)11(16-10(8)17-15)18(5-1-4-14)7-2-3-7/h6-7H,1-3,5,15H2,(H,16,17). The Kier molecular flexibility index (Phi) is 3.58. The van der Waals surface area contributed by atoms with Gasteiger partial charge in [0, 0.05) is 18.7 Å². The van der Waals surface area contributed by atoms with Crippen LogP contribution < -0.4 is 16.2 Å². The molecule has 0 amide bonds. The Bertz CT molecular complexity index is 481. The van der Waals surface area contributed by atoms with E-state index in [1.54, 1.807) is 4.90 Å². The maximum absolute atomic E-state index is 13.7. The van der Waals surface area contributed by atoms with Crippen molar-refractivity contribution in [1.29, 1.82) is 5.26 Å². The zero-order chi connectivity index (χ0) is 13.1. The fourth-order valence-corrected chi connectivity index (χ4v) is 1.78. The Morgan fingerprint density at radius 3 is 2.78 bits per heavy atom. The smallest absolute Gasteiger partial charge is 0.178 e. The zero-order valence-corrected chi connectivity index (χ0v) is 9.66. The first-order valence-electron chi connectivity index (χ1n) is 5.63.